The molecule has 196 valence electrons. The summed E-state index contributed by atoms with van der Waals surface area (Å²) in [4.78, 5) is 35.2. The van der Waals surface area contributed by atoms with Gasteiger partial charge in [0, 0.05) is 31.1 Å². The summed E-state index contributed by atoms with van der Waals surface area (Å²) in [5, 5.41) is 6.72. The minimum atomic E-state index is -0.354. The zero-order valence-electron chi connectivity index (χ0n) is 21.9. The molecule has 0 aliphatic carbocycles. The average molecular weight is 522 g/mol. The van der Waals surface area contributed by atoms with E-state index in [1.54, 1.807) is 17.8 Å². The topological polar surface area (TPSA) is 86.3 Å². The summed E-state index contributed by atoms with van der Waals surface area (Å²) >= 11 is 1.74. The molecule has 2 heterocycles. The monoisotopic (exact) mass is 521 g/mol. The summed E-state index contributed by atoms with van der Waals surface area (Å²) in [5.74, 6) is 1.68. The minimum absolute atomic E-state index is 0.0282. The van der Waals surface area contributed by atoms with Gasteiger partial charge in [-0.25, -0.2) is 9.79 Å². The van der Waals surface area contributed by atoms with Crippen LogP contribution in [0.15, 0.2) is 64.8 Å². The molecule has 0 aromatic heterocycles. The highest BCUT2D eigenvalue weighted by Gasteiger charge is 2.38. The third-order valence-electron chi connectivity index (χ3n) is 6.46. The molecule has 0 saturated carbocycles. The van der Waals surface area contributed by atoms with Crippen LogP contribution in [0.4, 0.5) is 16.2 Å². The third-order valence-corrected chi connectivity index (χ3v) is 7.54. The van der Waals surface area contributed by atoms with Crippen molar-refractivity contribution in [1.82, 2.24) is 9.80 Å². The zero-order chi connectivity index (χ0) is 26.4. The summed E-state index contributed by atoms with van der Waals surface area (Å²) in [5.41, 5.74) is 3.76. The van der Waals surface area contributed by atoms with E-state index in [2.05, 4.69) is 15.5 Å². The van der Waals surface area contributed by atoms with Crippen molar-refractivity contribution in [2.75, 3.05) is 42.6 Å². The Balaban J connectivity index is 1.56. The number of ether oxygens (including phenoxy) is 1. The van der Waals surface area contributed by atoms with Crippen LogP contribution in [0.5, 0.6) is 5.75 Å². The largest absolute Gasteiger partial charge is 0.492 e. The summed E-state index contributed by atoms with van der Waals surface area (Å²) < 4.78 is 5.59. The maximum atomic E-state index is 13.6. The van der Waals surface area contributed by atoms with Crippen LogP contribution in [0.1, 0.15) is 45.7 Å². The molecule has 8 nitrogen and oxygen atoms in total. The summed E-state index contributed by atoms with van der Waals surface area (Å²) in [6.45, 7) is 10.5. The van der Waals surface area contributed by atoms with Crippen molar-refractivity contribution in [2.45, 2.75) is 40.2 Å². The lowest BCUT2D eigenvalue weighted by Crippen LogP contribution is -2.45. The van der Waals surface area contributed by atoms with Crippen molar-refractivity contribution in [2.24, 2.45) is 4.99 Å². The van der Waals surface area contributed by atoms with E-state index in [9.17, 15) is 9.59 Å². The van der Waals surface area contributed by atoms with Gasteiger partial charge in [-0.15, -0.1) is 0 Å². The number of thioether (sulfide) groups is 1. The Kier molecular flexibility index (Phi) is 8.76. The van der Waals surface area contributed by atoms with Crippen molar-refractivity contribution in [3.8, 4) is 5.75 Å². The van der Waals surface area contributed by atoms with Gasteiger partial charge < -0.3 is 25.2 Å². The molecule has 2 N–H and O–H groups in total. The van der Waals surface area contributed by atoms with Crippen LogP contribution in [0.25, 0.3) is 0 Å². The second kappa shape index (κ2) is 12.2. The zero-order valence-corrected chi connectivity index (χ0v) is 22.7. The second-order valence-corrected chi connectivity index (χ2v) is 9.86. The first-order chi connectivity index (χ1) is 18.0. The molecule has 2 aromatic carbocycles. The molecule has 2 aromatic rings. The number of fused-ring (bicyclic) bond motifs is 1. The first-order valence-corrected chi connectivity index (χ1v) is 13.8. The van der Waals surface area contributed by atoms with Crippen LogP contribution in [-0.2, 0) is 4.79 Å². The van der Waals surface area contributed by atoms with Gasteiger partial charge in [-0.3, -0.25) is 4.79 Å². The lowest BCUT2D eigenvalue weighted by molar-refractivity contribution is -0.127. The molecule has 1 unspecified atom stereocenters. The number of para-hydroxylation sites is 2. The van der Waals surface area contributed by atoms with Gasteiger partial charge in [0.15, 0.2) is 5.17 Å². The summed E-state index contributed by atoms with van der Waals surface area (Å²) in [6, 6.07) is 14.5. The molecule has 0 radical (unpaired) electrons. The maximum absolute atomic E-state index is 13.6. The van der Waals surface area contributed by atoms with Crippen LogP contribution >= 0.6 is 11.8 Å². The SMILES string of the molecule is CCOc1ccccc1NC(=O)Nc1ccc(C2C(C(=O)N(CC)CC)=C(C)N=C3SCCCN32)cc1. The van der Waals surface area contributed by atoms with Crippen LogP contribution in [0.2, 0.25) is 0 Å². The third kappa shape index (κ3) is 5.93. The molecule has 1 fully saturated rings. The van der Waals surface area contributed by atoms with E-state index in [4.69, 9.17) is 9.73 Å². The van der Waals surface area contributed by atoms with E-state index in [1.165, 1.54) is 0 Å². The molecular weight excluding hydrogens is 486 g/mol. The standard InChI is InChI=1S/C28H35N5O3S/c1-5-32(6-2)26(34)24-19(4)29-28-33(17-10-18-37-28)25(24)20-13-15-21(16-14-20)30-27(35)31-22-11-8-9-12-23(22)36-7-3/h8-9,11-16,25H,5-7,10,17-18H2,1-4H3,(H2,30,31,35). The fourth-order valence-electron chi connectivity index (χ4n) is 4.65. The smallest absolute Gasteiger partial charge is 0.323 e. The molecule has 1 saturated heterocycles. The molecule has 3 amide bonds. The minimum Gasteiger partial charge on any atom is -0.492 e. The number of carbonyl (C=O) groups is 2. The molecule has 2 aliphatic rings. The van der Waals surface area contributed by atoms with Gasteiger partial charge in [-0.1, -0.05) is 36.0 Å². The Morgan fingerprint density at radius 2 is 1.81 bits per heavy atom. The Morgan fingerprint density at radius 1 is 1.08 bits per heavy atom. The predicted molar refractivity (Wildman–Crippen MR) is 151 cm³/mol. The van der Waals surface area contributed by atoms with Crippen molar-refractivity contribution >= 4 is 40.2 Å². The Hall–Kier alpha value is -3.46. The number of rotatable bonds is 8. The number of hydrogen-bond donors (Lipinski definition) is 2. The van der Waals surface area contributed by atoms with Gasteiger partial charge in [-0.2, -0.15) is 0 Å². The number of amides is 3. The number of urea groups is 1. The van der Waals surface area contributed by atoms with E-state index in [-0.39, 0.29) is 18.0 Å². The predicted octanol–water partition coefficient (Wildman–Crippen LogP) is 5.72. The number of nitrogens with zero attached hydrogens (tertiary/aromatic N) is 3. The number of nitrogens with one attached hydrogen (secondary N) is 2. The van der Waals surface area contributed by atoms with E-state index in [0.29, 0.717) is 36.8 Å². The summed E-state index contributed by atoms with van der Waals surface area (Å²) in [7, 11) is 0. The Bertz CT molecular complexity index is 1190. The number of aliphatic imine (C=N–C) groups is 1. The van der Waals surface area contributed by atoms with E-state index in [1.807, 2.05) is 75.1 Å². The average Bonchev–Trinajstić information content (AvgIpc) is 2.90. The second-order valence-electron chi connectivity index (χ2n) is 8.80. The van der Waals surface area contributed by atoms with Gasteiger partial charge in [0.25, 0.3) is 5.91 Å². The normalized spacial score (nSPS) is 17.0. The number of likely N-dealkylation sites (N-methyl/N-ethyl adjacent to an activating group) is 1. The molecule has 9 heteroatoms. The van der Waals surface area contributed by atoms with Crippen molar-refractivity contribution < 1.29 is 14.3 Å². The first kappa shape index (κ1) is 26.6. The summed E-state index contributed by atoms with van der Waals surface area (Å²) in [6.07, 6.45) is 1.04. The van der Waals surface area contributed by atoms with Crippen LogP contribution in [0, 0.1) is 0 Å². The van der Waals surface area contributed by atoms with E-state index < -0.39 is 0 Å². The molecule has 2 aliphatic heterocycles. The van der Waals surface area contributed by atoms with E-state index >= 15 is 0 Å². The Labute approximate surface area is 223 Å². The van der Waals surface area contributed by atoms with Crippen LogP contribution < -0.4 is 15.4 Å². The molecular formula is C28H35N5O3S. The molecule has 4 rings (SSSR count). The first-order valence-electron chi connectivity index (χ1n) is 12.8. The number of carbonyl (C=O) groups excluding carboxylic acids is 2. The molecule has 37 heavy (non-hydrogen) atoms. The molecule has 0 bridgehead atoms. The lowest BCUT2D eigenvalue weighted by atomic mass is 9.93. The number of benzene rings is 2. The Morgan fingerprint density at radius 3 is 2.51 bits per heavy atom. The fourth-order valence-corrected chi connectivity index (χ4v) is 5.67. The van der Waals surface area contributed by atoms with Crippen molar-refractivity contribution in [3.05, 3.63) is 65.4 Å². The molecule has 1 atom stereocenters. The highest BCUT2D eigenvalue weighted by molar-refractivity contribution is 8.13. The number of amidine groups is 1. The molecule has 0 spiro atoms. The lowest BCUT2D eigenvalue weighted by Gasteiger charge is -2.41. The number of hydrogen-bond acceptors (Lipinski definition) is 6. The van der Waals surface area contributed by atoms with Crippen molar-refractivity contribution in [3.63, 3.8) is 0 Å². The quantitative estimate of drug-likeness (QED) is 0.464. The van der Waals surface area contributed by atoms with Gasteiger partial charge in [0.1, 0.15) is 5.75 Å². The van der Waals surface area contributed by atoms with Crippen LogP contribution in [0.3, 0.4) is 0 Å². The number of anilines is 2. The van der Waals surface area contributed by atoms with Gasteiger partial charge in [-0.05, 0) is 63.9 Å². The van der Waals surface area contributed by atoms with E-state index in [0.717, 1.165) is 40.7 Å². The van der Waals surface area contributed by atoms with Gasteiger partial charge in [0.05, 0.1) is 29.6 Å². The van der Waals surface area contributed by atoms with Gasteiger partial charge >= 0.3 is 6.03 Å². The maximum Gasteiger partial charge on any atom is 0.323 e. The van der Waals surface area contributed by atoms with Crippen molar-refractivity contribution in [1.29, 1.82) is 0 Å². The highest BCUT2D eigenvalue weighted by atomic mass is 32.2. The highest BCUT2D eigenvalue weighted by Crippen LogP contribution is 2.40. The fraction of sp³-hybridized carbons (Fsp3) is 0.393. The number of allylic oxidation sites excluding steroid dienone is 1. The van der Waals surface area contributed by atoms with Crippen LogP contribution in [-0.4, -0.2) is 58.9 Å². The van der Waals surface area contributed by atoms with Gasteiger partial charge in [0.2, 0.25) is 0 Å².